The fourth-order valence-corrected chi connectivity index (χ4v) is 2.99. The van der Waals surface area contributed by atoms with Crippen molar-refractivity contribution in [2.24, 2.45) is 5.92 Å². The van der Waals surface area contributed by atoms with E-state index >= 15 is 0 Å². The third-order valence-electron chi connectivity index (χ3n) is 3.84. The van der Waals surface area contributed by atoms with Crippen LogP contribution in [-0.2, 0) is 6.42 Å². The molecule has 0 radical (unpaired) electrons. The summed E-state index contributed by atoms with van der Waals surface area (Å²) in [6.45, 7) is 10.0. The van der Waals surface area contributed by atoms with E-state index in [-0.39, 0.29) is 0 Å². The number of nitrogens with zero attached hydrogens (tertiary/aromatic N) is 1. The maximum absolute atomic E-state index is 4.65. The molecule has 114 valence electrons. The van der Waals surface area contributed by atoms with Crippen LogP contribution in [0.25, 0.3) is 10.9 Å². The van der Waals surface area contributed by atoms with Gasteiger partial charge in [-0.25, -0.2) is 0 Å². The smallest absolute Gasteiger partial charge is 0.0707 e. The van der Waals surface area contributed by atoms with E-state index in [0.29, 0.717) is 12.0 Å². The highest BCUT2D eigenvalue weighted by atomic mass is 14.9. The van der Waals surface area contributed by atoms with Gasteiger partial charge < -0.3 is 5.32 Å². The van der Waals surface area contributed by atoms with Crippen LogP contribution in [0.2, 0.25) is 0 Å². The SMILES string of the molecule is CCCNC(Cc1cc(C)nc2ccccc12)CC(C)C. The summed E-state index contributed by atoms with van der Waals surface area (Å²) >= 11 is 0. The van der Waals surface area contributed by atoms with Crippen molar-refractivity contribution < 1.29 is 0 Å². The molecule has 1 aromatic carbocycles. The second kappa shape index (κ2) is 7.56. The maximum atomic E-state index is 4.65. The zero-order chi connectivity index (χ0) is 15.2. The van der Waals surface area contributed by atoms with E-state index in [2.05, 4.69) is 68.3 Å². The summed E-state index contributed by atoms with van der Waals surface area (Å²) in [6, 6.07) is 11.3. The molecule has 0 spiro atoms. The van der Waals surface area contributed by atoms with Gasteiger partial charge in [0, 0.05) is 17.1 Å². The van der Waals surface area contributed by atoms with Gasteiger partial charge in [0.2, 0.25) is 0 Å². The molecule has 1 aromatic heterocycles. The largest absolute Gasteiger partial charge is 0.314 e. The van der Waals surface area contributed by atoms with E-state index in [1.165, 1.54) is 23.8 Å². The summed E-state index contributed by atoms with van der Waals surface area (Å²) in [5.74, 6) is 0.716. The Morgan fingerprint density at radius 3 is 2.67 bits per heavy atom. The number of pyridine rings is 1. The third-order valence-corrected chi connectivity index (χ3v) is 3.84. The van der Waals surface area contributed by atoms with Gasteiger partial charge in [-0.3, -0.25) is 4.98 Å². The molecule has 0 aliphatic carbocycles. The normalized spacial score (nSPS) is 13.0. The Bertz CT molecular complexity index is 575. The minimum Gasteiger partial charge on any atom is -0.314 e. The van der Waals surface area contributed by atoms with Crippen molar-refractivity contribution in [3.8, 4) is 0 Å². The highest BCUT2D eigenvalue weighted by molar-refractivity contribution is 5.82. The van der Waals surface area contributed by atoms with Gasteiger partial charge in [0.1, 0.15) is 0 Å². The van der Waals surface area contributed by atoms with Gasteiger partial charge >= 0.3 is 0 Å². The van der Waals surface area contributed by atoms with Gasteiger partial charge in [-0.15, -0.1) is 0 Å². The summed E-state index contributed by atoms with van der Waals surface area (Å²) in [4.78, 5) is 4.65. The molecule has 0 saturated heterocycles. The van der Waals surface area contributed by atoms with E-state index in [1.807, 2.05) is 0 Å². The predicted molar refractivity (Wildman–Crippen MR) is 91.7 cm³/mol. The van der Waals surface area contributed by atoms with Gasteiger partial charge in [0.15, 0.2) is 0 Å². The maximum Gasteiger partial charge on any atom is 0.0707 e. The highest BCUT2D eigenvalue weighted by Crippen LogP contribution is 2.21. The van der Waals surface area contributed by atoms with Crippen LogP contribution in [0.3, 0.4) is 0 Å². The van der Waals surface area contributed by atoms with Crippen LogP contribution in [-0.4, -0.2) is 17.6 Å². The fraction of sp³-hybridized carbons (Fsp3) is 0.526. The summed E-state index contributed by atoms with van der Waals surface area (Å²) in [5, 5.41) is 5.01. The molecule has 2 rings (SSSR count). The average molecular weight is 284 g/mol. The molecule has 0 fully saturated rings. The van der Waals surface area contributed by atoms with Crippen molar-refractivity contribution in [1.82, 2.24) is 10.3 Å². The molecule has 0 saturated carbocycles. The monoisotopic (exact) mass is 284 g/mol. The fourth-order valence-electron chi connectivity index (χ4n) is 2.99. The molecular formula is C19H28N2. The van der Waals surface area contributed by atoms with Crippen LogP contribution >= 0.6 is 0 Å². The Hall–Kier alpha value is -1.41. The van der Waals surface area contributed by atoms with E-state index in [0.717, 1.165) is 24.2 Å². The van der Waals surface area contributed by atoms with Gasteiger partial charge in [0.05, 0.1) is 5.52 Å². The lowest BCUT2D eigenvalue weighted by molar-refractivity contribution is 0.417. The van der Waals surface area contributed by atoms with Gasteiger partial charge in [-0.05, 0) is 56.3 Å². The van der Waals surface area contributed by atoms with Crippen molar-refractivity contribution in [3.63, 3.8) is 0 Å². The number of benzene rings is 1. The number of hydrogen-bond acceptors (Lipinski definition) is 2. The number of para-hydroxylation sites is 1. The molecule has 1 atom stereocenters. The van der Waals surface area contributed by atoms with E-state index in [9.17, 15) is 0 Å². The van der Waals surface area contributed by atoms with Crippen LogP contribution in [0.4, 0.5) is 0 Å². The number of nitrogens with one attached hydrogen (secondary N) is 1. The summed E-state index contributed by atoms with van der Waals surface area (Å²) in [7, 11) is 0. The first kappa shape index (κ1) is 16.0. The number of aryl methyl sites for hydroxylation is 1. The Labute approximate surface area is 129 Å². The minimum atomic E-state index is 0.551. The zero-order valence-corrected chi connectivity index (χ0v) is 13.8. The van der Waals surface area contributed by atoms with Crippen molar-refractivity contribution in [3.05, 3.63) is 41.6 Å². The summed E-state index contributed by atoms with van der Waals surface area (Å²) in [6.07, 6.45) is 3.49. The number of rotatable bonds is 7. The molecule has 1 unspecified atom stereocenters. The molecule has 0 bridgehead atoms. The molecule has 0 amide bonds. The quantitative estimate of drug-likeness (QED) is 0.809. The Morgan fingerprint density at radius 1 is 1.19 bits per heavy atom. The molecule has 2 aromatic rings. The lowest BCUT2D eigenvalue weighted by Gasteiger charge is -2.21. The standard InChI is InChI=1S/C19H28N2/c1-5-10-20-17(11-14(2)3)13-16-12-15(4)21-19-9-7-6-8-18(16)19/h6-9,12,14,17,20H,5,10-11,13H2,1-4H3. The van der Waals surface area contributed by atoms with Crippen molar-refractivity contribution in [2.75, 3.05) is 6.54 Å². The Kier molecular flexibility index (Phi) is 5.75. The molecule has 21 heavy (non-hydrogen) atoms. The topological polar surface area (TPSA) is 24.9 Å². The van der Waals surface area contributed by atoms with E-state index < -0.39 is 0 Å². The molecule has 1 N–H and O–H groups in total. The Balaban J connectivity index is 2.26. The number of hydrogen-bond donors (Lipinski definition) is 1. The van der Waals surface area contributed by atoms with Gasteiger partial charge in [-0.2, -0.15) is 0 Å². The lowest BCUT2D eigenvalue weighted by Crippen LogP contribution is -2.33. The van der Waals surface area contributed by atoms with Gasteiger partial charge in [-0.1, -0.05) is 39.0 Å². The van der Waals surface area contributed by atoms with Crippen LogP contribution in [0.1, 0.15) is 44.9 Å². The van der Waals surface area contributed by atoms with Crippen LogP contribution in [0.15, 0.2) is 30.3 Å². The summed E-state index contributed by atoms with van der Waals surface area (Å²) < 4.78 is 0. The van der Waals surface area contributed by atoms with E-state index in [1.54, 1.807) is 0 Å². The van der Waals surface area contributed by atoms with Crippen LogP contribution in [0, 0.1) is 12.8 Å². The summed E-state index contributed by atoms with van der Waals surface area (Å²) in [5.41, 5.74) is 3.65. The number of fused-ring (bicyclic) bond motifs is 1. The first-order chi connectivity index (χ1) is 10.1. The van der Waals surface area contributed by atoms with Crippen molar-refractivity contribution in [1.29, 1.82) is 0 Å². The van der Waals surface area contributed by atoms with Crippen molar-refractivity contribution >= 4 is 10.9 Å². The zero-order valence-electron chi connectivity index (χ0n) is 13.8. The lowest BCUT2D eigenvalue weighted by atomic mass is 9.95. The third kappa shape index (κ3) is 4.53. The second-order valence-electron chi connectivity index (χ2n) is 6.42. The van der Waals surface area contributed by atoms with E-state index in [4.69, 9.17) is 0 Å². The minimum absolute atomic E-state index is 0.551. The molecule has 0 aliphatic heterocycles. The van der Waals surface area contributed by atoms with Crippen LogP contribution in [0.5, 0.6) is 0 Å². The van der Waals surface area contributed by atoms with Crippen molar-refractivity contribution in [2.45, 2.75) is 53.0 Å². The first-order valence-corrected chi connectivity index (χ1v) is 8.18. The average Bonchev–Trinajstić information content (AvgIpc) is 2.44. The molecule has 2 heteroatoms. The number of aromatic nitrogens is 1. The molecular weight excluding hydrogens is 256 g/mol. The highest BCUT2D eigenvalue weighted by Gasteiger charge is 2.13. The van der Waals surface area contributed by atoms with Gasteiger partial charge in [0.25, 0.3) is 0 Å². The molecule has 1 heterocycles. The Morgan fingerprint density at radius 2 is 1.95 bits per heavy atom. The first-order valence-electron chi connectivity index (χ1n) is 8.18. The van der Waals surface area contributed by atoms with Crippen LogP contribution < -0.4 is 5.32 Å². The molecule has 0 aliphatic rings. The predicted octanol–water partition coefficient (Wildman–Crippen LogP) is 4.50. The molecule has 2 nitrogen and oxygen atoms in total. The second-order valence-corrected chi connectivity index (χ2v) is 6.42.